The van der Waals surface area contributed by atoms with E-state index in [1.54, 1.807) is 11.1 Å². The highest BCUT2D eigenvalue weighted by Crippen LogP contribution is 2.22. The summed E-state index contributed by atoms with van der Waals surface area (Å²) in [7, 11) is 0. The fourth-order valence-corrected chi connectivity index (χ4v) is 3.00. The van der Waals surface area contributed by atoms with E-state index in [0.29, 0.717) is 0 Å². The zero-order valence-electron chi connectivity index (χ0n) is 13.0. The molecule has 0 bridgehead atoms. The predicted molar refractivity (Wildman–Crippen MR) is 95.4 cm³/mol. The van der Waals surface area contributed by atoms with Crippen molar-refractivity contribution < 1.29 is 0 Å². The molecule has 0 spiro atoms. The van der Waals surface area contributed by atoms with Crippen LogP contribution >= 0.6 is 0 Å². The summed E-state index contributed by atoms with van der Waals surface area (Å²) in [5.74, 6) is 0. The molecule has 22 heavy (non-hydrogen) atoms. The molecule has 2 aromatic rings. The van der Waals surface area contributed by atoms with Crippen molar-refractivity contribution in [1.82, 2.24) is 0 Å². The molecule has 0 unspecified atom stereocenters. The lowest BCUT2D eigenvalue weighted by molar-refractivity contribution is 0.711. The second kappa shape index (κ2) is 7.74. The summed E-state index contributed by atoms with van der Waals surface area (Å²) in [4.78, 5) is 4.52. The highest BCUT2D eigenvalue weighted by molar-refractivity contribution is 5.78. The first-order valence-corrected chi connectivity index (χ1v) is 8.24. The molecule has 0 N–H and O–H groups in total. The minimum Gasteiger partial charge on any atom is -0.288 e. The van der Waals surface area contributed by atoms with E-state index in [0.717, 1.165) is 6.54 Å². The second-order valence-corrected chi connectivity index (χ2v) is 5.92. The van der Waals surface area contributed by atoms with Crippen molar-refractivity contribution in [3.05, 3.63) is 76.9 Å². The summed E-state index contributed by atoms with van der Waals surface area (Å²) in [6.07, 6.45) is 12.5. The quantitative estimate of drug-likeness (QED) is 0.539. The third-order valence-corrected chi connectivity index (χ3v) is 4.22. The zero-order chi connectivity index (χ0) is 15.0. The number of benzene rings is 2. The Morgan fingerprint density at radius 2 is 1.68 bits per heavy atom. The number of fused-ring (bicyclic) bond motifs is 1. The normalized spacial score (nSPS) is 15.1. The van der Waals surface area contributed by atoms with E-state index >= 15 is 0 Å². The van der Waals surface area contributed by atoms with Crippen molar-refractivity contribution in [3.8, 4) is 0 Å². The number of allylic oxidation sites excluding steroid dienone is 1. The summed E-state index contributed by atoms with van der Waals surface area (Å²) in [5.41, 5.74) is 5.63. The van der Waals surface area contributed by atoms with Crippen LogP contribution in [0.5, 0.6) is 0 Å². The number of aliphatic imine (C=N–C) groups is 1. The van der Waals surface area contributed by atoms with Gasteiger partial charge in [-0.3, -0.25) is 4.99 Å². The highest BCUT2D eigenvalue weighted by atomic mass is 14.7. The molecule has 0 saturated carbocycles. The summed E-state index contributed by atoms with van der Waals surface area (Å²) in [6.45, 7) is 0.770. The van der Waals surface area contributed by atoms with Crippen LogP contribution in [0.1, 0.15) is 41.5 Å². The Bertz CT molecular complexity index is 653. The first-order chi connectivity index (χ1) is 10.9. The molecule has 0 amide bonds. The molecule has 2 aromatic carbocycles. The van der Waals surface area contributed by atoms with Gasteiger partial charge in [0, 0.05) is 6.21 Å². The Morgan fingerprint density at radius 3 is 2.55 bits per heavy atom. The van der Waals surface area contributed by atoms with Crippen LogP contribution in [-0.4, -0.2) is 6.21 Å². The molecule has 0 heterocycles. The van der Waals surface area contributed by atoms with E-state index in [2.05, 4.69) is 41.4 Å². The van der Waals surface area contributed by atoms with Crippen molar-refractivity contribution >= 4 is 12.3 Å². The Kier molecular flexibility index (Phi) is 5.20. The van der Waals surface area contributed by atoms with Crippen LogP contribution in [-0.2, 0) is 19.4 Å². The van der Waals surface area contributed by atoms with Crippen LogP contribution < -0.4 is 0 Å². The van der Waals surface area contributed by atoms with Crippen molar-refractivity contribution in [1.29, 1.82) is 0 Å². The molecule has 1 aliphatic rings. The Labute approximate surface area is 133 Å². The molecule has 0 atom stereocenters. The van der Waals surface area contributed by atoms with E-state index in [9.17, 15) is 0 Å². The van der Waals surface area contributed by atoms with Crippen molar-refractivity contribution in [2.75, 3.05) is 0 Å². The molecule has 0 aliphatic heterocycles. The smallest absolute Gasteiger partial charge is 0.0639 e. The van der Waals surface area contributed by atoms with Crippen molar-refractivity contribution in [3.63, 3.8) is 0 Å². The summed E-state index contributed by atoms with van der Waals surface area (Å²) in [6, 6.07) is 17.2. The zero-order valence-corrected chi connectivity index (χ0v) is 13.0. The summed E-state index contributed by atoms with van der Waals surface area (Å²) >= 11 is 0. The monoisotopic (exact) mass is 289 g/mol. The van der Waals surface area contributed by atoms with Gasteiger partial charge in [-0.25, -0.2) is 0 Å². The molecular weight excluding hydrogens is 266 g/mol. The fourth-order valence-electron chi connectivity index (χ4n) is 3.00. The van der Waals surface area contributed by atoms with E-state index in [1.807, 2.05) is 30.5 Å². The van der Waals surface area contributed by atoms with Gasteiger partial charge in [-0.1, -0.05) is 61.0 Å². The van der Waals surface area contributed by atoms with Gasteiger partial charge in [0.15, 0.2) is 0 Å². The van der Waals surface area contributed by atoms with Crippen LogP contribution in [0.15, 0.2) is 59.6 Å². The Hall–Kier alpha value is -2.15. The van der Waals surface area contributed by atoms with E-state index < -0.39 is 0 Å². The lowest BCUT2D eigenvalue weighted by Crippen LogP contribution is -1.93. The molecule has 0 fully saturated rings. The van der Waals surface area contributed by atoms with Crippen LogP contribution in [0.25, 0.3) is 6.08 Å². The molecule has 0 saturated heterocycles. The van der Waals surface area contributed by atoms with Gasteiger partial charge in [-0.15, -0.1) is 0 Å². The number of hydrogen-bond donors (Lipinski definition) is 0. The molecule has 1 aliphatic carbocycles. The Balaban J connectivity index is 1.58. The standard InChI is InChI=1S/C21H23N/c1-3-8-18(9-4-1)10-7-15-22-17-19-13-14-20-11-5-2-6-12-21(20)16-19/h1,3-4,7-10,13-16H,2,5-6,11-12,17H2/b10-7+,22-15+. The third kappa shape index (κ3) is 4.17. The highest BCUT2D eigenvalue weighted by Gasteiger charge is 2.07. The SMILES string of the molecule is C(=C\c1ccccc1)/C=N/Cc1ccc2c(c1)CCCCC2. The van der Waals surface area contributed by atoms with E-state index in [4.69, 9.17) is 0 Å². The fraction of sp³-hybridized carbons (Fsp3) is 0.286. The van der Waals surface area contributed by atoms with Gasteiger partial charge in [0.2, 0.25) is 0 Å². The van der Waals surface area contributed by atoms with Crippen molar-refractivity contribution in [2.24, 2.45) is 4.99 Å². The predicted octanol–water partition coefficient (Wildman–Crippen LogP) is 5.24. The van der Waals surface area contributed by atoms with Gasteiger partial charge in [0.05, 0.1) is 6.54 Å². The molecular formula is C21H23N. The number of hydrogen-bond acceptors (Lipinski definition) is 1. The lowest BCUT2D eigenvalue weighted by atomic mass is 10.0. The van der Waals surface area contributed by atoms with Gasteiger partial charge in [0.25, 0.3) is 0 Å². The maximum absolute atomic E-state index is 4.52. The van der Waals surface area contributed by atoms with Gasteiger partial charge in [-0.05, 0) is 54.0 Å². The number of nitrogens with zero attached hydrogens (tertiary/aromatic N) is 1. The maximum atomic E-state index is 4.52. The topological polar surface area (TPSA) is 12.4 Å². The number of rotatable bonds is 4. The van der Waals surface area contributed by atoms with Crippen LogP contribution in [0.2, 0.25) is 0 Å². The number of aryl methyl sites for hydroxylation is 2. The van der Waals surface area contributed by atoms with E-state index in [-0.39, 0.29) is 0 Å². The third-order valence-electron chi connectivity index (χ3n) is 4.22. The molecule has 0 aromatic heterocycles. The average molecular weight is 289 g/mol. The van der Waals surface area contributed by atoms with Gasteiger partial charge in [-0.2, -0.15) is 0 Å². The Morgan fingerprint density at radius 1 is 0.864 bits per heavy atom. The minimum atomic E-state index is 0.770. The first kappa shape index (κ1) is 14.8. The van der Waals surface area contributed by atoms with E-state index in [1.165, 1.54) is 43.2 Å². The average Bonchev–Trinajstić information content (AvgIpc) is 2.80. The molecule has 1 nitrogen and oxygen atoms in total. The van der Waals surface area contributed by atoms with Crippen LogP contribution in [0, 0.1) is 0 Å². The molecule has 3 rings (SSSR count). The van der Waals surface area contributed by atoms with Gasteiger partial charge >= 0.3 is 0 Å². The summed E-state index contributed by atoms with van der Waals surface area (Å²) < 4.78 is 0. The van der Waals surface area contributed by atoms with Crippen LogP contribution in [0.4, 0.5) is 0 Å². The molecule has 0 radical (unpaired) electrons. The summed E-state index contributed by atoms with van der Waals surface area (Å²) in [5, 5.41) is 0. The van der Waals surface area contributed by atoms with Gasteiger partial charge < -0.3 is 0 Å². The maximum Gasteiger partial charge on any atom is 0.0639 e. The minimum absolute atomic E-state index is 0.770. The lowest BCUT2D eigenvalue weighted by Gasteiger charge is -2.07. The second-order valence-electron chi connectivity index (χ2n) is 5.92. The van der Waals surface area contributed by atoms with Crippen LogP contribution in [0.3, 0.4) is 0 Å². The van der Waals surface area contributed by atoms with Crippen molar-refractivity contribution in [2.45, 2.75) is 38.6 Å². The largest absolute Gasteiger partial charge is 0.288 e. The molecule has 1 heteroatoms. The molecule has 112 valence electrons. The first-order valence-electron chi connectivity index (χ1n) is 8.24. The van der Waals surface area contributed by atoms with Gasteiger partial charge in [0.1, 0.15) is 0 Å².